The Morgan fingerprint density at radius 2 is 2.05 bits per heavy atom. The van der Waals surface area contributed by atoms with Crippen molar-refractivity contribution in [2.24, 2.45) is 0 Å². The lowest BCUT2D eigenvalue weighted by Gasteiger charge is -2.07. The summed E-state index contributed by atoms with van der Waals surface area (Å²) in [4.78, 5) is 7.97. The van der Waals surface area contributed by atoms with E-state index in [1.54, 1.807) is 19.9 Å². The lowest BCUT2D eigenvalue weighted by Crippen LogP contribution is -2.16. The molecule has 0 aromatic carbocycles. The smallest absolute Gasteiger partial charge is 0.267 e. The van der Waals surface area contributed by atoms with Crippen molar-refractivity contribution in [3.05, 3.63) is 23.7 Å². The van der Waals surface area contributed by atoms with Crippen LogP contribution in [0.25, 0.3) is 0 Å². The maximum atomic E-state index is 12.1. The van der Waals surface area contributed by atoms with Crippen LogP contribution in [-0.4, -0.2) is 35.7 Å². The molecule has 19 heavy (non-hydrogen) atoms. The van der Waals surface area contributed by atoms with Crippen molar-refractivity contribution in [3.63, 3.8) is 0 Å². The lowest BCUT2D eigenvalue weighted by molar-refractivity contribution is 0.397. The third-order valence-corrected chi connectivity index (χ3v) is 3.78. The molecule has 0 saturated heterocycles. The second-order valence-corrected chi connectivity index (χ2v) is 5.49. The number of aryl methyl sites for hydroxylation is 2. The van der Waals surface area contributed by atoms with Gasteiger partial charge in [-0.3, -0.25) is 5.10 Å². The fourth-order valence-corrected chi connectivity index (χ4v) is 2.56. The molecule has 0 aliphatic rings. The predicted octanol–water partition coefficient (Wildman–Crippen LogP) is 0.626. The number of hydrogen-bond acceptors (Lipinski definition) is 6. The van der Waals surface area contributed by atoms with Crippen molar-refractivity contribution in [2.45, 2.75) is 18.7 Å². The summed E-state index contributed by atoms with van der Waals surface area (Å²) < 4.78 is 31.5. The zero-order valence-electron chi connectivity index (χ0n) is 10.6. The van der Waals surface area contributed by atoms with Crippen LogP contribution in [0.5, 0.6) is 5.88 Å². The van der Waals surface area contributed by atoms with Gasteiger partial charge in [0.1, 0.15) is 4.90 Å². The summed E-state index contributed by atoms with van der Waals surface area (Å²) in [6, 6.07) is 1.60. The van der Waals surface area contributed by atoms with Gasteiger partial charge < -0.3 is 4.74 Å². The van der Waals surface area contributed by atoms with Crippen molar-refractivity contribution in [3.8, 4) is 5.88 Å². The average Bonchev–Trinajstić information content (AvgIpc) is 2.74. The number of rotatable bonds is 4. The first-order valence-corrected chi connectivity index (χ1v) is 6.83. The third-order valence-electron chi connectivity index (χ3n) is 2.34. The molecule has 0 aliphatic carbocycles. The van der Waals surface area contributed by atoms with E-state index in [2.05, 4.69) is 24.9 Å². The third kappa shape index (κ3) is 2.81. The van der Waals surface area contributed by atoms with Crippen molar-refractivity contribution >= 4 is 16.0 Å². The van der Waals surface area contributed by atoms with Crippen LogP contribution in [0, 0.1) is 13.8 Å². The molecule has 9 heteroatoms. The zero-order chi connectivity index (χ0) is 14.0. The molecule has 0 atom stereocenters. The van der Waals surface area contributed by atoms with Crippen LogP contribution in [0.3, 0.4) is 0 Å². The van der Waals surface area contributed by atoms with Crippen molar-refractivity contribution < 1.29 is 13.2 Å². The Morgan fingerprint density at radius 3 is 2.63 bits per heavy atom. The Labute approximate surface area is 110 Å². The molecule has 2 aromatic rings. The number of anilines is 1. The van der Waals surface area contributed by atoms with E-state index in [0.717, 1.165) is 0 Å². The van der Waals surface area contributed by atoms with E-state index < -0.39 is 10.0 Å². The highest BCUT2D eigenvalue weighted by molar-refractivity contribution is 7.92. The highest BCUT2D eigenvalue weighted by Gasteiger charge is 2.20. The van der Waals surface area contributed by atoms with E-state index >= 15 is 0 Å². The summed E-state index contributed by atoms with van der Waals surface area (Å²) in [5, 5.41) is 6.23. The number of ether oxygens (including phenoxy) is 1. The quantitative estimate of drug-likeness (QED) is 0.851. The van der Waals surface area contributed by atoms with Gasteiger partial charge >= 0.3 is 0 Å². The number of hydrogen-bond donors (Lipinski definition) is 2. The van der Waals surface area contributed by atoms with Gasteiger partial charge in [0, 0.05) is 11.8 Å². The Hall–Kier alpha value is -2.16. The van der Waals surface area contributed by atoms with E-state index in [1.807, 2.05) is 0 Å². The average molecular weight is 283 g/mol. The van der Waals surface area contributed by atoms with Crippen LogP contribution in [0.15, 0.2) is 17.2 Å². The first-order valence-electron chi connectivity index (χ1n) is 5.35. The van der Waals surface area contributed by atoms with Gasteiger partial charge in [0.05, 0.1) is 19.0 Å². The minimum absolute atomic E-state index is 0.0440. The summed E-state index contributed by atoms with van der Waals surface area (Å²) >= 11 is 0. The van der Waals surface area contributed by atoms with Gasteiger partial charge in [-0.15, -0.1) is 0 Å². The van der Waals surface area contributed by atoms with E-state index in [1.165, 1.54) is 13.3 Å². The first-order chi connectivity index (χ1) is 8.92. The fraction of sp³-hybridized carbons (Fsp3) is 0.300. The SMILES string of the molecule is COc1cc(C)nc(NS(=O)(=O)c2cn[nH]c2C)n1. The molecular formula is C10H13N5O3S. The minimum Gasteiger partial charge on any atom is -0.481 e. The van der Waals surface area contributed by atoms with Crippen LogP contribution in [0.4, 0.5) is 5.95 Å². The number of nitrogens with one attached hydrogen (secondary N) is 2. The first kappa shape index (κ1) is 13.3. The van der Waals surface area contributed by atoms with Gasteiger partial charge in [-0.1, -0.05) is 0 Å². The van der Waals surface area contributed by atoms with Gasteiger partial charge in [0.25, 0.3) is 10.0 Å². The number of H-pyrrole nitrogens is 1. The molecular weight excluding hydrogens is 270 g/mol. The van der Waals surface area contributed by atoms with Crippen LogP contribution >= 0.6 is 0 Å². The molecule has 0 aliphatic heterocycles. The topological polar surface area (TPSA) is 110 Å². The van der Waals surface area contributed by atoms with E-state index in [0.29, 0.717) is 11.4 Å². The van der Waals surface area contributed by atoms with E-state index in [9.17, 15) is 8.42 Å². The summed E-state index contributed by atoms with van der Waals surface area (Å²) in [7, 11) is -2.32. The second kappa shape index (κ2) is 4.84. The molecule has 0 radical (unpaired) electrons. The molecule has 0 unspecified atom stereocenters. The lowest BCUT2D eigenvalue weighted by atomic mass is 10.4. The molecule has 0 fully saturated rings. The molecule has 2 rings (SSSR count). The maximum absolute atomic E-state index is 12.1. The fourth-order valence-electron chi connectivity index (χ4n) is 1.48. The molecule has 2 heterocycles. The Morgan fingerprint density at radius 1 is 1.32 bits per heavy atom. The van der Waals surface area contributed by atoms with E-state index in [4.69, 9.17) is 4.74 Å². The van der Waals surface area contributed by atoms with E-state index in [-0.39, 0.29) is 16.7 Å². The van der Waals surface area contributed by atoms with Crippen LogP contribution in [-0.2, 0) is 10.0 Å². The Kier molecular flexibility index (Phi) is 3.38. The van der Waals surface area contributed by atoms with Crippen LogP contribution in [0.1, 0.15) is 11.4 Å². The summed E-state index contributed by atoms with van der Waals surface area (Å²) in [5.74, 6) is 0.242. The van der Waals surface area contributed by atoms with Gasteiger partial charge in [0.2, 0.25) is 11.8 Å². The summed E-state index contributed by atoms with van der Waals surface area (Å²) in [6.07, 6.45) is 1.23. The second-order valence-electron chi connectivity index (χ2n) is 3.84. The summed E-state index contributed by atoms with van der Waals surface area (Å²) in [6.45, 7) is 3.32. The molecule has 8 nitrogen and oxygen atoms in total. The Balaban J connectivity index is 2.36. The number of aromatic amines is 1. The standard InChI is InChI=1S/C10H13N5O3S/c1-6-4-9(18-3)13-10(12-6)15-19(16,17)8-5-11-14-7(8)2/h4-5H,1-3H3,(H,11,14)(H,12,13,15). The number of sulfonamides is 1. The predicted molar refractivity (Wildman–Crippen MR) is 67.5 cm³/mol. The highest BCUT2D eigenvalue weighted by Crippen LogP contribution is 2.17. The molecule has 0 amide bonds. The van der Waals surface area contributed by atoms with Crippen molar-refractivity contribution in [1.82, 2.24) is 20.2 Å². The van der Waals surface area contributed by atoms with Gasteiger partial charge in [-0.05, 0) is 13.8 Å². The summed E-state index contributed by atoms with van der Waals surface area (Å²) in [5.41, 5.74) is 1.03. The molecule has 2 aromatic heterocycles. The van der Waals surface area contributed by atoms with Crippen molar-refractivity contribution in [1.29, 1.82) is 0 Å². The normalized spacial score (nSPS) is 11.3. The minimum atomic E-state index is -3.77. The van der Waals surface area contributed by atoms with Crippen molar-refractivity contribution in [2.75, 3.05) is 11.8 Å². The van der Waals surface area contributed by atoms with Gasteiger partial charge in [-0.2, -0.15) is 10.1 Å². The zero-order valence-corrected chi connectivity index (χ0v) is 11.4. The largest absolute Gasteiger partial charge is 0.481 e. The highest BCUT2D eigenvalue weighted by atomic mass is 32.2. The molecule has 0 spiro atoms. The van der Waals surface area contributed by atoms with Gasteiger partial charge in [0.15, 0.2) is 0 Å². The maximum Gasteiger partial charge on any atom is 0.267 e. The van der Waals surface area contributed by atoms with Gasteiger partial charge in [-0.25, -0.2) is 18.1 Å². The molecule has 0 saturated carbocycles. The van der Waals surface area contributed by atoms with Crippen LogP contribution in [0.2, 0.25) is 0 Å². The molecule has 2 N–H and O–H groups in total. The number of methoxy groups -OCH3 is 1. The Bertz CT molecular complexity index is 695. The molecule has 102 valence electrons. The number of nitrogens with zero attached hydrogens (tertiary/aromatic N) is 3. The monoisotopic (exact) mass is 283 g/mol. The number of aromatic nitrogens is 4. The molecule has 0 bridgehead atoms. The van der Waals surface area contributed by atoms with Crippen LogP contribution < -0.4 is 9.46 Å².